The molecule has 0 aromatic carbocycles. The molecule has 1 heteroatoms. The Bertz CT molecular complexity index is 467. The average Bonchev–Trinajstić information content (AvgIpc) is 3.27. The largest absolute Gasteiger partial charge is 0.393 e. The molecule has 0 amide bonds. The lowest BCUT2D eigenvalue weighted by Gasteiger charge is -2.40. The molecular weight excluding hydrogens is 328 g/mol. The topological polar surface area (TPSA) is 20.2 Å². The number of aliphatic hydroxyl groups is 1. The van der Waals surface area contributed by atoms with Crippen molar-refractivity contribution in [3.05, 3.63) is 0 Å². The van der Waals surface area contributed by atoms with Crippen molar-refractivity contribution in [1.29, 1.82) is 0 Å². The Balaban J connectivity index is 1.36. The molecule has 0 heterocycles. The summed E-state index contributed by atoms with van der Waals surface area (Å²) in [6.07, 6.45) is 24.9. The van der Waals surface area contributed by atoms with Gasteiger partial charge in [0.15, 0.2) is 0 Å². The molecule has 1 nitrogen and oxygen atoms in total. The van der Waals surface area contributed by atoms with Crippen molar-refractivity contribution >= 4 is 0 Å². The van der Waals surface area contributed by atoms with Crippen LogP contribution in [0.5, 0.6) is 0 Å². The lowest BCUT2D eigenvalue weighted by molar-refractivity contribution is 0.0310. The molecule has 0 bridgehead atoms. The fraction of sp³-hybridized carbons (Fsp3) is 1.00. The lowest BCUT2D eigenvalue weighted by atomic mass is 9.66. The molecule has 5 rings (SSSR count). The summed E-state index contributed by atoms with van der Waals surface area (Å²) in [4.78, 5) is 0. The van der Waals surface area contributed by atoms with Crippen molar-refractivity contribution in [3.8, 4) is 0 Å². The number of aliphatic hydroxyl groups excluding tert-OH is 1. The van der Waals surface area contributed by atoms with Gasteiger partial charge in [-0.15, -0.1) is 0 Å². The zero-order valence-electron chi connectivity index (χ0n) is 17.7. The van der Waals surface area contributed by atoms with Crippen LogP contribution in [-0.2, 0) is 0 Å². The summed E-state index contributed by atoms with van der Waals surface area (Å²) in [5.74, 6) is 7.34. The molecule has 0 aromatic heterocycles. The van der Waals surface area contributed by atoms with Crippen LogP contribution in [0.3, 0.4) is 0 Å². The molecule has 5 fully saturated rings. The van der Waals surface area contributed by atoms with Crippen LogP contribution in [0, 0.1) is 47.3 Å². The fourth-order valence-corrected chi connectivity index (χ4v) is 8.99. The first-order chi connectivity index (χ1) is 13.3. The van der Waals surface area contributed by atoms with Crippen LogP contribution in [0.1, 0.15) is 109 Å². The van der Waals surface area contributed by atoms with Crippen molar-refractivity contribution in [2.45, 2.75) is 115 Å². The van der Waals surface area contributed by atoms with Crippen LogP contribution < -0.4 is 0 Å². The second-order valence-electron chi connectivity index (χ2n) is 11.5. The summed E-state index contributed by atoms with van der Waals surface area (Å²) in [5, 5.41) is 11.2. The van der Waals surface area contributed by atoms with E-state index in [0.717, 1.165) is 47.8 Å². The zero-order chi connectivity index (χ0) is 18.2. The minimum atomic E-state index is 0.0364. The molecule has 154 valence electrons. The van der Waals surface area contributed by atoms with E-state index in [1.54, 1.807) is 0 Å². The molecule has 0 radical (unpaired) electrons. The van der Waals surface area contributed by atoms with Crippen LogP contribution in [0.25, 0.3) is 0 Å². The first-order valence-corrected chi connectivity index (χ1v) is 13.0. The van der Waals surface area contributed by atoms with Crippen molar-refractivity contribution in [2.75, 3.05) is 0 Å². The minimum Gasteiger partial charge on any atom is -0.393 e. The molecule has 1 N–H and O–H groups in total. The molecule has 7 atom stereocenters. The van der Waals surface area contributed by atoms with E-state index >= 15 is 0 Å². The Morgan fingerprint density at radius 1 is 0.630 bits per heavy atom. The predicted octanol–water partition coefficient (Wildman–Crippen LogP) is 6.98. The van der Waals surface area contributed by atoms with Gasteiger partial charge in [0.05, 0.1) is 6.10 Å². The number of hydrogen-bond donors (Lipinski definition) is 1. The van der Waals surface area contributed by atoms with Gasteiger partial charge in [0, 0.05) is 0 Å². The Labute approximate surface area is 168 Å². The number of rotatable bonds is 4. The molecule has 0 saturated heterocycles. The highest BCUT2D eigenvalue weighted by atomic mass is 16.3. The van der Waals surface area contributed by atoms with Gasteiger partial charge in [0.2, 0.25) is 0 Å². The van der Waals surface area contributed by atoms with Gasteiger partial charge in [-0.25, -0.2) is 0 Å². The highest BCUT2D eigenvalue weighted by Crippen LogP contribution is 2.56. The van der Waals surface area contributed by atoms with Gasteiger partial charge in [0.1, 0.15) is 0 Å². The van der Waals surface area contributed by atoms with E-state index < -0.39 is 0 Å². The predicted molar refractivity (Wildman–Crippen MR) is 112 cm³/mol. The first kappa shape index (κ1) is 19.0. The normalized spacial score (nSPS) is 46.8. The third-order valence-electron chi connectivity index (χ3n) is 10.2. The second kappa shape index (κ2) is 8.37. The van der Waals surface area contributed by atoms with E-state index in [2.05, 4.69) is 0 Å². The maximum absolute atomic E-state index is 11.2. The number of fused-ring (bicyclic) bond motifs is 2. The third-order valence-corrected chi connectivity index (χ3v) is 10.2. The molecule has 27 heavy (non-hydrogen) atoms. The van der Waals surface area contributed by atoms with Gasteiger partial charge >= 0.3 is 0 Å². The molecule has 0 spiro atoms. The van der Waals surface area contributed by atoms with Crippen molar-refractivity contribution in [2.24, 2.45) is 47.3 Å². The van der Waals surface area contributed by atoms with Gasteiger partial charge in [-0.3, -0.25) is 0 Å². The van der Waals surface area contributed by atoms with E-state index in [4.69, 9.17) is 0 Å². The summed E-state index contributed by atoms with van der Waals surface area (Å²) in [6, 6.07) is 0. The van der Waals surface area contributed by atoms with Gasteiger partial charge in [-0.1, -0.05) is 77.0 Å². The monoisotopic (exact) mass is 372 g/mol. The minimum absolute atomic E-state index is 0.0364. The van der Waals surface area contributed by atoms with E-state index in [-0.39, 0.29) is 6.10 Å². The average molecular weight is 373 g/mol. The van der Waals surface area contributed by atoms with E-state index in [1.165, 1.54) is 103 Å². The van der Waals surface area contributed by atoms with Gasteiger partial charge < -0.3 is 5.11 Å². The van der Waals surface area contributed by atoms with E-state index in [0.29, 0.717) is 5.92 Å². The van der Waals surface area contributed by atoms with Crippen molar-refractivity contribution < 1.29 is 5.11 Å². The van der Waals surface area contributed by atoms with E-state index in [9.17, 15) is 5.11 Å². The SMILES string of the molecule is OC1CC2CCCCC2C1C(CC1CCCCC1)C1CC2CCCCC2C1. The molecule has 5 aliphatic rings. The smallest absolute Gasteiger partial charge is 0.0576 e. The summed E-state index contributed by atoms with van der Waals surface area (Å²) >= 11 is 0. The molecule has 0 aliphatic heterocycles. The zero-order valence-corrected chi connectivity index (χ0v) is 17.7. The second-order valence-corrected chi connectivity index (χ2v) is 11.5. The Morgan fingerprint density at radius 3 is 1.93 bits per heavy atom. The van der Waals surface area contributed by atoms with E-state index in [1.807, 2.05) is 0 Å². The first-order valence-electron chi connectivity index (χ1n) is 13.0. The lowest BCUT2D eigenvalue weighted by Crippen LogP contribution is -2.35. The maximum Gasteiger partial charge on any atom is 0.0576 e. The Kier molecular flexibility index (Phi) is 5.88. The molecular formula is C26H44O. The van der Waals surface area contributed by atoms with Crippen LogP contribution in [-0.4, -0.2) is 11.2 Å². The summed E-state index contributed by atoms with van der Waals surface area (Å²) in [6.45, 7) is 0. The highest BCUT2D eigenvalue weighted by molar-refractivity contribution is 5.00. The van der Waals surface area contributed by atoms with Crippen LogP contribution in [0.15, 0.2) is 0 Å². The number of hydrogen-bond acceptors (Lipinski definition) is 1. The van der Waals surface area contributed by atoms with Crippen molar-refractivity contribution in [1.82, 2.24) is 0 Å². The standard InChI is InChI=1S/C26H44O/c27-25-17-21-12-6-7-13-23(21)26(25)24(14-18-8-2-1-3-9-18)22-15-19-10-4-5-11-20(19)16-22/h18-27H,1-17H2. The Morgan fingerprint density at radius 2 is 1.22 bits per heavy atom. The molecule has 7 unspecified atom stereocenters. The maximum atomic E-state index is 11.2. The van der Waals surface area contributed by atoms with Crippen LogP contribution in [0.2, 0.25) is 0 Å². The molecule has 5 aliphatic carbocycles. The highest BCUT2D eigenvalue weighted by Gasteiger charge is 2.50. The van der Waals surface area contributed by atoms with Gasteiger partial charge in [0.25, 0.3) is 0 Å². The summed E-state index contributed by atoms with van der Waals surface area (Å²) < 4.78 is 0. The Hall–Kier alpha value is -0.0400. The van der Waals surface area contributed by atoms with Crippen LogP contribution in [0.4, 0.5) is 0 Å². The summed E-state index contributed by atoms with van der Waals surface area (Å²) in [5.41, 5.74) is 0. The van der Waals surface area contributed by atoms with Gasteiger partial charge in [-0.05, 0) is 79.4 Å². The fourth-order valence-electron chi connectivity index (χ4n) is 8.99. The molecule has 0 aromatic rings. The third kappa shape index (κ3) is 3.88. The van der Waals surface area contributed by atoms with Crippen molar-refractivity contribution in [3.63, 3.8) is 0 Å². The quantitative estimate of drug-likeness (QED) is 0.564. The van der Waals surface area contributed by atoms with Crippen LogP contribution >= 0.6 is 0 Å². The van der Waals surface area contributed by atoms with Gasteiger partial charge in [-0.2, -0.15) is 0 Å². The summed E-state index contributed by atoms with van der Waals surface area (Å²) in [7, 11) is 0. The molecule has 5 saturated carbocycles.